The fourth-order valence-corrected chi connectivity index (χ4v) is 2.73. The number of carbonyl (C=O) groups is 1. The number of fused-ring (bicyclic) bond motifs is 1. The maximum atomic E-state index is 13.1. The molecule has 0 saturated carbocycles. The summed E-state index contributed by atoms with van der Waals surface area (Å²) in [5.41, 5.74) is 0.346. The number of likely N-dealkylation sites (N-methyl/N-ethyl adjacent to an activating group) is 1. The maximum absolute atomic E-state index is 13.1. The van der Waals surface area contributed by atoms with Gasteiger partial charge in [-0.2, -0.15) is 18.3 Å². The number of H-pyrrole nitrogens is 1. The second-order valence-corrected chi connectivity index (χ2v) is 5.68. The number of halogens is 3. The van der Waals surface area contributed by atoms with Crippen molar-refractivity contribution in [3.05, 3.63) is 41.0 Å². The number of nitrogens with one attached hydrogen (secondary N) is 1. The second-order valence-electron chi connectivity index (χ2n) is 5.68. The summed E-state index contributed by atoms with van der Waals surface area (Å²) in [6.45, 7) is 0.319. The maximum Gasteiger partial charge on any atom is 0.435 e. The first-order chi connectivity index (χ1) is 11.4. The zero-order chi connectivity index (χ0) is 17.3. The highest BCUT2D eigenvalue weighted by Gasteiger charge is 2.40. The van der Waals surface area contributed by atoms with Crippen LogP contribution in [-0.2, 0) is 41.8 Å². The smallest absolute Gasteiger partial charge is 0.376 e. The first-order valence-electron chi connectivity index (χ1n) is 7.46. The van der Waals surface area contributed by atoms with Crippen LogP contribution in [0, 0.1) is 0 Å². The molecule has 0 radical (unpaired) electrons. The van der Waals surface area contributed by atoms with E-state index < -0.39 is 11.9 Å². The number of hydrogen-bond acceptors (Lipinski definition) is 3. The van der Waals surface area contributed by atoms with E-state index >= 15 is 0 Å². The summed E-state index contributed by atoms with van der Waals surface area (Å²) in [4.78, 5) is 16.8. The van der Waals surface area contributed by atoms with Gasteiger partial charge in [0.2, 0.25) is 5.91 Å². The van der Waals surface area contributed by atoms with Crippen LogP contribution in [0.25, 0.3) is 0 Å². The minimum absolute atomic E-state index is 0.0357. The molecule has 0 spiro atoms. The van der Waals surface area contributed by atoms with Crippen LogP contribution in [0.5, 0.6) is 0 Å². The van der Waals surface area contributed by atoms with Crippen LogP contribution in [-0.4, -0.2) is 39.2 Å². The summed E-state index contributed by atoms with van der Waals surface area (Å²) in [6.07, 6.45) is -2.51. The molecule has 1 N–H and O–H groups in total. The van der Waals surface area contributed by atoms with Gasteiger partial charge in [-0.1, -0.05) is 0 Å². The van der Waals surface area contributed by atoms with Gasteiger partial charge in [0.1, 0.15) is 6.54 Å². The van der Waals surface area contributed by atoms with E-state index in [1.807, 2.05) is 12.1 Å². The predicted octanol–water partition coefficient (Wildman–Crippen LogP) is 1.96. The molecule has 3 rings (SSSR count). The molecule has 0 atom stereocenters. The molecular formula is C15H17F3N4O2. The lowest BCUT2D eigenvalue weighted by molar-refractivity contribution is -0.143. The molecule has 0 aromatic carbocycles. The third-order valence-corrected chi connectivity index (χ3v) is 3.95. The highest BCUT2D eigenvalue weighted by molar-refractivity contribution is 5.75. The summed E-state index contributed by atoms with van der Waals surface area (Å²) in [5, 5.41) is 3.64. The van der Waals surface area contributed by atoms with Gasteiger partial charge in [0.15, 0.2) is 5.69 Å². The average molecular weight is 342 g/mol. The van der Waals surface area contributed by atoms with Gasteiger partial charge >= 0.3 is 6.18 Å². The predicted molar refractivity (Wildman–Crippen MR) is 77.9 cm³/mol. The van der Waals surface area contributed by atoms with Gasteiger partial charge in [-0.25, -0.2) is 0 Å². The molecule has 0 saturated heterocycles. The Hall–Kier alpha value is -2.29. The first kappa shape index (κ1) is 16.6. The Morgan fingerprint density at radius 2 is 2.29 bits per heavy atom. The Morgan fingerprint density at radius 3 is 2.96 bits per heavy atom. The zero-order valence-electron chi connectivity index (χ0n) is 13.1. The minimum atomic E-state index is -4.56. The SMILES string of the molecule is CN(Cc1ccc[nH]1)C(=O)Cn1nc(C(F)(F)F)c2c1CCOC2. The minimum Gasteiger partial charge on any atom is -0.376 e. The van der Waals surface area contributed by atoms with Crippen LogP contribution in [0.4, 0.5) is 13.2 Å². The number of hydrogen-bond donors (Lipinski definition) is 1. The summed E-state index contributed by atoms with van der Waals surface area (Å²) >= 11 is 0. The normalized spacial score (nSPS) is 14.5. The molecule has 0 bridgehead atoms. The number of ether oxygens (including phenoxy) is 1. The Balaban J connectivity index is 1.79. The van der Waals surface area contributed by atoms with E-state index in [0.717, 1.165) is 10.4 Å². The molecule has 2 aromatic heterocycles. The van der Waals surface area contributed by atoms with Crippen molar-refractivity contribution >= 4 is 5.91 Å². The second kappa shape index (κ2) is 6.31. The van der Waals surface area contributed by atoms with Crippen LogP contribution < -0.4 is 0 Å². The third-order valence-electron chi connectivity index (χ3n) is 3.95. The Morgan fingerprint density at radius 1 is 1.50 bits per heavy atom. The van der Waals surface area contributed by atoms with Crippen molar-refractivity contribution in [3.8, 4) is 0 Å². The van der Waals surface area contributed by atoms with E-state index in [-0.39, 0.29) is 24.6 Å². The molecule has 1 aliphatic heterocycles. The van der Waals surface area contributed by atoms with Crippen molar-refractivity contribution in [2.45, 2.75) is 32.3 Å². The summed E-state index contributed by atoms with van der Waals surface area (Å²) in [5.74, 6) is -0.310. The van der Waals surface area contributed by atoms with Gasteiger partial charge < -0.3 is 14.6 Å². The molecule has 1 amide bonds. The lowest BCUT2D eigenvalue weighted by Gasteiger charge is -2.18. The van der Waals surface area contributed by atoms with Crippen LogP contribution in [0.3, 0.4) is 0 Å². The molecular weight excluding hydrogens is 325 g/mol. The van der Waals surface area contributed by atoms with Crippen molar-refractivity contribution in [1.82, 2.24) is 19.7 Å². The molecule has 6 nitrogen and oxygen atoms in total. The van der Waals surface area contributed by atoms with Crippen LogP contribution in [0.2, 0.25) is 0 Å². The van der Waals surface area contributed by atoms with Crippen LogP contribution >= 0.6 is 0 Å². The largest absolute Gasteiger partial charge is 0.435 e. The molecule has 0 aliphatic carbocycles. The Bertz CT molecular complexity index is 722. The van der Waals surface area contributed by atoms with Crippen molar-refractivity contribution in [1.29, 1.82) is 0 Å². The van der Waals surface area contributed by atoms with Crippen molar-refractivity contribution in [2.75, 3.05) is 13.7 Å². The lowest BCUT2D eigenvalue weighted by Crippen LogP contribution is -2.31. The fraction of sp³-hybridized carbons (Fsp3) is 0.467. The molecule has 1 aliphatic rings. The standard InChI is InChI=1S/C15H17F3N4O2/c1-21(7-10-3-2-5-19-10)13(23)8-22-12-4-6-24-9-11(12)14(20-22)15(16,17)18/h2-3,5,19H,4,6-9H2,1H3. The number of nitrogens with zero attached hydrogens (tertiary/aromatic N) is 3. The van der Waals surface area contributed by atoms with E-state index in [4.69, 9.17) is 4.74 Å². The van der Waals surface area contributed by atoms with Crippen LogP contribution in [0.15, 0.2) is 18.3 Å². The summed E-state index contributed by atoms with van der Waals surface area (Å²) in [6, 6.07) is 3.64. The molecule has 24 heavy (non-hydrogen) atoms. The topological polar surface area (TPSA) is 63.2 Å². The quantitative estimate of drug-likeness (QED) is 0.924. The first-order valence-corrected chi connectivity index (χ1v) is 7.46. The average Bonchev–Trinajstić information content (AvgIpc) is 3.15. The van der Waals surface area contributed by atoms with Gasteiger partial charge in [-0.3, -0.25) is 9.48 Å². The summed E-state index contributed by atoms with van der Waals surface area (Å²) in [7, 11) is 1.60. The van der Waals surface area contributed by atoms with E-state index in [9.17, 15) is 18.0 Å². The number of aromatic amines is 1. The highest BCUT2D eigenvalue weighted by Crippen LogP contribution is 2.34. The molecule has 130 valence electrons. The molecule has 9 heteroatoms. The Labute approximate surface area is 136 Å². The van der Waals surface area contributed by atoms with E-state index in [0.29, 0.717) is 25.3 Å². The third kappa shape index (κ3) is 3.30. The lowest BCUT2D eigenvalue weighted by atomic mass is 10.1. The van der Waals surface area contributed by atoms with Gasteiger partial charge in [0, 0.05) is 36.6 Å². The fourth-order valence-electron chi connectivity index (χ4n) is 2.73. The monoisotopic (exact) mass is 342 g/mol. The Kier molecular flexibility index (Phi) is 4.35. The van der Waals surface area contributed by atoms with Crippen molar-refractivity contribution in [2.24, 2.45) is 0 Å². The van der Waals surface area contributed by atoms with Crippen molar-refractivity contribution < 1.29 is 22.7 Å². The number of amides is 1. The van der Waals surface area contributed by atoms with E-state index in [1.165, 1.54) is 4.90 Å². The molecule has 3 heterocycles. The van der Waals surface area contributed by atoms with E-state index in [2.05, 4.69) is 10.1 Å². The number of carbonyl (C=O) groups excluding carboxylic acids is 1. The van der Waals surface area contributed by atoms with Crippen LogP contribution in [0.1, 0.15) is 22.6 Å². The van der Waals surface area contributed by atoms with Gasteiger partial charge in [0.25, 0.3) is 0 Å². The number of alkyl halides is 3. The number of aromatic nitrogens is 3. The summed E-state index contributed by atoms with van der Waals surface area (Å²) < 4.78 is 45.6. The van der Waals surface area contributed by atoms with Crippen molar-refractivity contribution in [3.63, 3.8) is 0 Å². The number of rotatable bonds is 4. The highest BCUT2D eigenvalue weighted by atomic mass is 19.4. The van der Waals surface area contributed by atoms with Gasteiger partial charge in [-0.15, -0.1) is 0 Å². The van der Waals surface area contributed by atoms with Gasteiger partial charge in [0.05, 0.1) is 19.8 Å². The van der Waals surface area contributed by atoms with Gasteiger partial charge in [-0.05, 0) is 12.1 Å². The van der Waals surface area contributed by atoms with E-state index in [1.54, 1.807) is 13.2 Å². The molecule has 0 fully saturated rings. The molecule has 0 unspecified atom stereocenters. The molecule has 2 aromatic rings. The zero-order valence-corrected chi connectivity index (χ0v) is 13.1.